The number of pyridine rings is 1. The summed E-state index contributed by atoms with van der Waals surface area (Å²) >= 11 is 0. The van der Waals surface area contributed by atoms with Crippen molar-refractivity contribution in [3.63, 3.8) is 0 Å². The SMILES string of the molecule is CCC(C)(C)n1nnnc1[C@@H](c1cc2c(C)cc(C)cc2[nH]c1=O)N(Cc1ccccc1)Cc1ccco1. The molecule has 0 saturated heterocycles. The molecule has 5 rings (SSSR count). The van der Waals surface area contributed by atoms with Crippen molar-refractivity contribution in [2.24, 2.45) is 0 Å². The van der Waals surface area contributed by atoms with Crippen molar-refractivity contribution in [2.75, 3.05) is 0 Å². The summed E-state index contributed by atoms with van der Waals surface area (Å²) in [6.07, 6.45) is 2.49. The summed E-state index contributed by atoms with van der Waals surface area (Å²) in [6, 6.07) is 19.7. The molecule has 1 atom stereocenters. The molecule has 0 aliphatic heterocycles. The zero-order valence-electron chi connectivity index (χ0n) is 22.6. The van der Waals surface area contributed by atoms with Gasteiger partial charge in [0.05, 0.1) is 18.3 Å². The predicted molar refractivity (Wildman–Crippen MR) is 148 cm³/mol. The number of furan rings is 1. The molecule has 0 unspecified atom stereocenters. The maximum absolute atomic E-state index is 13.8. The van der Waals surface area contributed by atoms with Crippen molar-refractivity contribution in [2.45, 2.75) is 65.7 Å². The molecule has 0 radical (unpaired) electrons. The third kappa shape index (κ3) is 5.04. The smallest absolute Gasteiger partial charge is 0.253 e. The maximum atomic E-state index is 13.8. The van der Waals surface area contributed by atoms with Gasteiger partial charge in [0, 0.05) is 23.0 Å². The lowest BCUT2D eigenvalue weighted by molar-refractivity contribution is 0.168. The van der Waals surface area contributed by atoms with Gasteiger partial charge in [-0.25, -0.2) is 4.68 Å². The zero-order valence-corrected chi connectivity index (χ0v) is 22.6. The number of H-pyrrole nitrogens is 1. The minimum absolute atomic E-state index is 0.158. The van der Waals surface area contributed by atoms with E-state index < -0.39 is 6.04 Å². The van der Waals surface area contributed by atoms with Gasteiger partial charge in [0.1, 0.15) is 11.8 Å². The molecule has 8 heteroatoms. The topological polar surface area (TPSA) is 92.8 Å². The quantitative estimate of drug-likeness (QED) is 0.275. The molecule has 5 aromatic rings. The van der Waals surface area contributed by atoms with E-state index in [4.69, 9.17) is 4.42 Å². The molecule has 8 nitrogen and oxygen atoms in total. The van der Waals surface area contributed by atoms with Crippen molar-refractivity contribution in [3.05, 3.63) is 111 Å². The van der Waals surface area contributed by atoms with Crippen molar-refractivity contribution in [3.8, 4) is 0 Å². The fourth-order valence-electron chi connectivity index (χ4n) is 5.00. The zero-order chi connectivity index (χ0) is 26.9. The molecule has 0 amide bonds. The first-order valence-corrected chi connectivity index (χ1v) is 13.0. The highest BCUT2D eigenvalue weighted by atomic mass is 16.3. The fourth-order valence-corrected chi connectivity index (χ4v) is 5.00. The van der Waals surface area contributed by atoms with E-state index >= 15 is 0 Å². The average Bonchev–Trinajstić information content (AvgIpc) is 3.58. The van der Waals surface area contributed by atoms with Crippen molar-refractivity contribution >= 4 is 10.9 Å². The highest BCUT2D eigenvalue weighted by Crippen LogP contribution is 2.33. The Bertz CT molecular complexity index is 1580. The number of benzene rings is 2. The van der Waals surface area contributed by atoms with Gasteiger partial charge >= 0.3 is 0 Å². The number of nitrogens with zero attached hydrogens (tertiary/aromatic N) is 5. The number of hydrogen-bond donors (Lipinski definition) is 1. The molecule has 0 aliphatic carbocycles. The molecular weight excluding hydrogens is 476 g/mol. The lowest BCUT2D eigenvalue weighted by Gasteiger charge is -2.33. The van der Waals surface area contributed by atoms with Crippen LogP contribution in [0.4, 0.5) is 0 Å². The van der Waals surface area contributed by atoms with E-state index in [1.54, 1.807) is 6.26 Å². The minimum Gasteiger partial charge on any atom is -0.468 e. The normalized spacial score (nSPS) is 12.9. The van der Waals surface area contributed by atoms with E-state index in [1.807, 2.05) is 54.1 Å². The molecule has 0 saturated carbocycles. The van der Waals surface area contributed by atoms with E-state index in [9.17, 15) is 4.79 Å². The predicted octanol–water partition coefficient (Wildman–Crippen LogP) is 5.66. The van der Waals surface area contributed by atoms with Crippen LogP contribution in [0.15, 0.2) is 76.1 Å². The van der Waals surface area contributed by atoms with Crippen LogP contribution in [0.25, 0.3) is 10.9 Å². The van der Waals surface area contributed by atoms with Gasteiger partial charge in [0.15, 0.2) is 5.82 Å². The summed E-state index contributed by atoms with van der Waals surface area (Å²) in [7, 11) is 0. The van der Waals surface area contributed by atoms with Gasteiger partial charge in [-0.15, -0.1) is 5.10 Å². The largest absolute Gasteiger partial charge is 0.468 e. The number of hydrogen-bond acceptors (Lipinski definition) is 6. The standard InChI is InChI=1S/C30H34N6O2/c1-6-30(4,5)36-28(32-33-34-36)27(25-17-24-21(3)15-20(2)16-26(24)31-29(25)37)35(19-23-13-10-14-38-23)18-22-11-8-7-9-12-22/h7-17,27H,6,18-19H2,1-5H3,(H,31,37)/t27-/m1/s1. The van der Waals surface area contributed by atoms with Crippen molar-refractivity contribution < 1.29 is 4.42 Å². The monoisotopic (exact) mass is 510 g/mol. The number of tetrazole rings is 1. The number of nitrogens with one attached hydrogen (secondary N) is 1. The van der Waals surface area contributed by atoms with Gasteiger partial charge in [0.2, 0.25) is 0 Å². The first-order chi connectivity index (χ1) is 18.3. The van der Waals surface area contributed by atoms with Crippen LogP contribution in [0.3, 0.4) is 0 Å². The summed E-state index contributed by atoms with van der Waals surface area (Å²) in [4.78, 5) is 19.2. The number of rotatable bonds is 9. The Balaban J connectivity index is 1.75. The highest BCUT2D eigenvalue weighted by Gasteiger charge is 2.35. The Morgan fingerprint density at radius 3 is 2.55 bits per heavy atom. The molecule has 0 aliphatic rings. The van der Waals surface area contributed by atoms with Crippen LogP contribution in [0.1, 0.15) is 67.1 Å². The summed E-state index contributed by atoms with van der Waals surface area (Å²) in [5.41, 5.74) is 4.23. The van der Waals surface area contributed by atoms with Crippen LogP contribution in [0.5, 0.6) is 0 Å². The second-order valence-corrected chi connectivity index (χ2v) is 10.6. The van der Waals surface area contributed by atoms with Crippen molar-refractivity contribution in [1.82, 2.24) is 30.1 Å². The second-order valence-electron chi connectivity index (χ2n) is 10.6. The van der Waals surface area contributed by atoms with E-state index in [0.717, 1.165) is 39.8 Å². The first-order valence-electron chi connectivity index (χ1n) is 13.0. The van der Waals surface area contributed by atoms with Crippen LogP contribution in [0.2, 0.25) is 0 Å². The van der Waals surface area contributed by atoms with Crippen LogP contribution >= 0.6 is 0 Å². The van der Waals surface area contributed by atoms with E-state index in [2.05, 4.69) is 71.3 Å². The van der Waals surface area contributed by atoms with E-state index in [0.29, 0.717) is 24.5 Å². The van der Waals surface area contributed by atoms with Gasteiger partial charge in [-0.3, -0.25) is 9.69 Å². The average molecular weight is 511 g/mol. The Labute approximate surface area is 222 Å². The maximum Gasteiger partial charge on any atom is 0.253 e. The molecule has 2 aromatic carbocycles. The molecule has 1 N–H and O–H groups in total. The summed E-state index contributed by atoms with van der Waals surface area (Å²) < 4.78 is 7.63. The number of aromatic amines is 1. The molecule has 196 valence electrons. The molecule has 3 heterocycles. The Kier molecular flexibility index (Phi) is 6.99. The minimum atomic E-state index is -0.532. The highest BCUT2D eigenvalue weighted by molar-refractivity contribution is 5.83. The van der Waals surface area contributed by atoms with Crippen LogP contribution in [-0.2, 0) is 18.6 Å². The summed E-state index contributed by atoms with van der Waals surface area (Å²) in [6.45, 7) is 11.5. The molecule has 0 bridgehead atoms. The van der Waals surface area contributed by atoms with Gasteiger partial charge in [-0.1, -0.05) is 43.3 Å². The van der Waals surface area contributed by atoms with E-state index in [1.165, 1.54) is 0 Å². The molecule has 0 spiro atoms. The number of aryl methyl sites for hydroxylation is 2. The second kappa shape index (κ2) is 10.4. The summed E-state index contributed by atoms with van der Waals surface area (Å²) in [5, 5.41) is 14.0. The summed E-state index contributed by atoms with van der Waals surface area (Å²) in [5.74, 6) is 1.41. The lowest BCUT2D eigenvalue weighted by Crippen LogP contribution is -2.38. The Morgan fingerprint density at radius 1 is 1.05 bits per heavy atom. The van der Waals surface area contributed by atoms with Crippen molar-refractivity contribution in [1.29, 1.82) is 0 Å². The molecule has 38 heavy (non-hydrogen) atoms. The lowest BCUT2D eigenvalue weighted by atomic mass is 9.97. The third-order valence-corrected chi connectivity index (χ3v) is 7.35. The number of aromatic nitrogens is 5. The molecular formula is C30H34N6O2. The Morgan fingerprint density at radius 2 is 1.84 bits per heavy atom. The molecule has 3 aromatic heterocycles. The number of fused-ring (bicyclic) bond motifs is 1. The van der Waals surface area contributed by atoms with Crippen LogP contribution < -0.4 is 5.56 Å². The Hall–Kier alpha value is -4.04. The third-order valence-electron chi connectivity index (χ3n) is 7.35. The van der Waals surface area contributed by atoms with Gasteiger partial charge in [-0.05, 0) is 85.5 Å². The van der Waals surface area contributed by atoms with E-state index in [-0.39, 0.29) is 11.1 Å². The van der Waals surface area contributed by atoms with Gasteiger partial charge < -0.3 is 9.40 Å². The first kappa shape index (κ1) is 25.6. The van der Waals surface area contributed by atoms with Crippen LogP contribution in [-0.4, -0.2) is 30.1 Å². The van der Waals surface area contributed by atoms with Gasteiger partial charge in [-0.2, -0.15) is 0 Å². The molecule has 0 fully saturated rings. The van der Waals surface area contributed by atoms with Gasteiger partial charge in [0.25, 0.3) is 5.56 Å². The van der Waals surface area contributed by atoms with Crippen LogP contribution in [0, 0.1) is 13.8 Å². The fraction of sp³-hybridized carbons (Fsp3) is 0.333.